The van der Waals surface area contributed by atoms with E-state index in [0.717, 1.165) is 23.3 Å². The van der Waals surface area contributed by atoms with Crippen LogP contribution in [0.25, 0.3) is 0 Å². The van der Waals surface area contributed by atoms with Crippen molar-refractivity contribution in [3.05, 3.63) is 94.0 Å². The molecule has 2 heterocycles. The number of rotatable bonds is 8. The molecule has 32 heavy (non-hydrogen) atoms. The standard InChI is InChI=1S/C26H27NO5/c1-19-14-24(16-26(29)31-19)32-23-12-13-27(17-23)25(28)11-10-20-8-5-9-22(15-20)30-18-21-6-3-2-4-7-21/h2-9,14-16,23H,10-13,17-18H2,1H3. The summed E-state index contributed by atoms with van der Waals surface area (Å²) in [6, 6.07) is 21.0. The molecule has 0 radical (unpaired) electrons. The summed E-state index contributed by atoms with van der Waals surface area (Å²) in [6.45, 7) is 3.41. The Morgan fingerprint density at radius 3 is 2.66 bits per heavy atom. The average molecular weight is 434 g/mol. The van der Waals surface area contributed by atoms with Crippen LogP contribution in [-0.4, -0.2) is 30.0 Å². The lowest BCUT2D eigenvalue weighted by Crippen LogP contribution is -2.31. The molecule has 1 saturated heterocycles. The topological polar surface area (TPSA) is 69.0 Å². The number of hydrogen-bond donors (Lipinski definition) is 0. The number of amides is 1. The van der Waals surface area contributed by atoms with E-state index in [4.69, 9.17) is 13.9 Å². The van der Waals surface area contributed by atoms with Crippen LogP contribution in [0.1, 0.15) is 29.7 Å². The largest absolute Gasteiger partial charge is 0.489 e. The third kappa shape index (κ3) is 6.00. The summed E-state index contributed by atoms with van der Waals surface area (Å²) < 4.78 is 16.7. The lowest BCUT2D eigenvalue weighted by atomic mass is 10.1. The molecule has 0 saturated carbocycles. The molecule has 0 spiro atoms. The van der Waals surface area contributed by atoms with Crippen molar-refractivity contribution in [2.75, 3.05) is 13.1 Å². The van der Waals surface area contributed by atoms with Crippen molar-refractivity contribution in [1.82, 2.24) is 4.90 Å². The van der Waals surface area contributed by atoms with Crippen LogP contribution in [0.2, 0.25) is 0 Å². The van der Waals surface area contributed by atoms with Gasteiger partial charge in [-0.25, -0.2) is 4.79 Å². The summed E-state index contributed by atoms with van der Waals surface area (Å²) in [7, 11) is 0. The van der Waals surface area contributed by atoms with E-state index >= 15 is 0 Å². The molecule has 0 N–H and O–H groups in total. The first-order chi connectivity index (χ1) is 15.5. The van der Waals surface area contributed by atoms with E-state index in [2.05, 4.69) is 0 Å². The zero-order chi connectivity index (χ0) is 22.3. The lowest BCUT2D eigenvalue weighted by molar-refractivity contribution is -0.130. The number of likely N-dealkylation sites (tertiary alicyclic amines) is 1. The molecule has 1 aromatic heterocycles. The molecule has 1 atom stereocenters. The maximum absolute atomic E-state index is 12.7. The van der Waals surface area contributed by atoms with Gasteiger partial charge in [-0.2, -0.15) is 0 Å². The Morgan fingerprint density at radius 1 is 1.03 bits per heavy atom. The Balaban J connectivity index is 1.25. The molecule has 1 aliphatic rings. The molecule has 6 heteroatoms. The summed E-state index contributed by atoms with van der Waals surface area (Å²) in [5.41, 5.74) is 1.76. The third-order valence-electron chi connectivity index (χ3n) is 5.44. The highest BCUT2D eigenvalue weighted by Crippen LogP contribution is 2.20. The van der Waals surface area contributed by atoms with Gasteiger partial charge < -0.3 is 18.8 Å². The van der Waals surface area contributed by atoms with E-state index in [1.54, 1.807) is 13.0 Å². The normalized spacial score (nSPS) is 15.5. The highest BCUT2D eigenvalue weighted by molar-refractivity contribution is 5.76. The van der Waals surface area contributed by atoms with E-state index in [0.29, 0.717) is 44.0 Å². The fraction of sp³-hybridized carbons (Fsp3) is 0.308. The van der Waals surface area contributed by atoms with Crippen LogP contribution < -0.4 is 15.1 Å². The van der Waals surface area contributed by atoms with Crippen molar-refractivity contribution in [2.24, 2.45) is 0 Å². The zero-order valence-electron chi connectivity index (χ0n) is 18.2. The number of carbonyl (C=O) groups excluding carboxylic acids is 1. The van der Waals surface area contributed by atoms with Gasteiger partial charge in [0.25, 0.3) is 0 Å². The van der Waals surface area contributed by atoms with Crippen LogP contribution in [0.5, 0.6) is 11.5 Å². The monoisotopic (exact) mass is 433 g/mol. The first-order valence-electron chi connectivity index (χ1n) is 10.9. The van der Waals surface area contributed by atoms with Gasteiger partial charge in [-0.1, -0.05) is 42.5 Å². The van der Waals surface area contributed by atoms with E-state index < -0.39 is 5.63 Å². The molecular formula is C26H27NO5. The number of carbonyl (C=O) groups is 1. The molecule has 1 aliphatic heterocycles. The Bertz CT molecular complexity index is 1110. The fourth-order valence-corrected chi connectivity index (χ4v) is 3.83. The van der Waals surface area contributed by atoms with Crippen LogP contribution in [0.15, 0.2) is 75.9 Å². The minimum atomic E-state index is -0.430. The van der Waals surface area contributed by atoms with Gasteiger partial charge in [-0.3, -0.25) is 4.79 Å². The molecule has 0 bridgehead atoms. The SMILES string of the molecule is Cc1cc(OC2CCN(C(=O)CCc3cccc(OCc4ccccc4)c3)C2)cc(=O)o1. The summed E-state index contributed by atoms with van der Waals surface area (Å²) in [4.78, 5) is 26.0. The molecule has 3 aromatic rings. The Kier molecular flexibility index (Phi) is 6.90. The first kappa shape index (κ1) is 21.7. The maximum Gasteiger partial charge on any atom is 0.339 e. The van der Waals surface area contributed by atoms with Gasteiger partial charge >= 0.3 is 5.63 Å². The molecular weight excluding hydrogens is 406 g/mol. The van der Waals surface area contributed by atoms with Crippen molar-refractivity contribution in [3.8, 4) is 11.5 Å². The van der Waals surface area contributed by atoms with E-state index in [9.17, 15) is 9.59 Å². The van der Waals surface area contributed by atoms with Gasteiger partial charge in [0, 0.05) is 25.5 Å². The number of aryl methyl sites for hydroxylation is 2. The third-order valence-corrected chi connectivity index (χ3v) is 5.44. The van der Waals surface area contributed by atoms with Gasteiger partial charge in [-0.15, -0.1) is 0 Å². The van der Waals surface area contributed by atoms with Crippen molar-refractivity contribution in [1.29, 1.82) is 0 Å². The van der Waals surface area contributed by atoms with Gasteiger partial charge in [0.05, 0.1) is 12.6 Å². The minimum Gasteiger partial charge on any atom is -0.489 e. The predicted octanol–water partition coefficient (Wildman–Crippen LogP) is 4.14. The van der Waals surface area contributed by atoms with Crippen LogP contribution >= 0.6 is 0 Å². The first-order valence-corrected chi connectivity index (χ1v) is 10.9. The zero-order valence-corrected chi connectivity index (χ0v) is 18.2. The second-order valence-corrected chi connectivity index (χ2v) is 8.01. The van der Waals surface area contributed by atoms with Gasteiger partial charge in [0.15, 0.2) is 0 Å². The summed E-state index contributed by atoms with van der Waals surface area (Å²) in [5.74, 6) is 1.91. The highest BCUT2D eigenvalue weighted by atomic mass is 16.5. The van der Waals surface area contributed by atoms with E-state index in [1.165, 1.54) is 6.07 Å². The quantitative estimate of drug-likeness (QED) is 0.534. The van der Waals surface area contributed by atoms with Crippen LogP contribution in [0, 0.1) is 6.92 Å². The number of hydrogen-bond acceptors (Lipinski definition) is 5. The van der Waals surface area contributed by atoms with Gasteiger partial charge in [0.1, 0.15) is 30.0 Å². The molecule has 4 rings (SSSR count). The predicted molar refractivity (Wildman–Crippen MR) is 121 cm³/mol. The lowest BCUT2D eigenvalue weighted by Gasteiger charge is -2.17. The molecule has 2 aromatic carbocycles. The van der Waals surface area contributed by atoms with E-state index in [-0.39, 0.29) is 12.0 Å². The highest BCUT2D eigenvalue weighted by Gasteiger charge is 2.27. The van der Waals surface area contributed by atoms with E-state index in [1.807, 2.05) is 59.5 Å². The molecule has 1 fully saturated rings. The summed E-state index contributed by atoms with van der Waals surface area (Å²) >= 11 is 0. The fourth-order valence-electron chi connectivity index (χ4n) is 3.83. The molecule has 1 unspecified atom stereocenters. The van der Waals surface area contributed by atoms with Crippen molar-refractivity contribution in [2.45, 2.75) is 38.9 Å². The Hall–Kier alpha value is -3.54. The van der Waals surface area contributed by atoms with Gasteiger partial charge in [-0.05, 0) is 36.6 Å². The Morgan fingerprint density at radius 2 is 1.84 bits per heavy atom. The molecule has 166 valence electrons. The smallest absolute Gasteiger partial charge is 0.339 e. The molecule has 6 nitrogen and oxygen atoms in total. The van der Waals surface area contributed by atoms with Crippen molar-refractivity contribution < 1.29 is 18.7 Å². The average Bonchev–Trinajstić information content (AvgIpc) is 3.25. The second-order valence-electron chi connectivity index (χ2n) is 8.01. The van der Waals surface area contributed by atoms with Crippen LogP contribution in [0.4, 0.5) is 0 Å². The Labute approximate surface area is 187 Å². The number of ether oxygens (including phenoxy) is 2. The van der Waals surface area contributed by atoms with Gasteiger partial charge in [0.2, 0.25) is 5.91 Å². The van der Waals surface area contributed by atoms with Crippen molar-refractivity contribution in [3.63, 3.8) is 0 Å². The van der Waals surface area contributed by atoms with Crippen molar-refractivity contribution >= 4 is 5.91 Å². The minimum absolute atomic E-state index is 0.107. The molecule has 0 aliphatic carbocycles. The molecule has 1 amide bonds. The summed E-state index contributed by atoms with van der Waals surface area (Å²) in [5, 5.41) is 0. The number of nitrogens with zero attached hydrogens (tertiary/aromatic N) is 1. The second kappa shape index (κ2) is 10.2. The number of benzene rings is 2. The van der Waals surface area contributed by atoms with Crippen LogP contribution in [-0.2, 0) is 17.8 Å². The van der Waals surface area contributed by atoms with Crippen LogP contribution in [0.3, 0.4) is 0 Å². The maximum atomic E-state index is 12.7. The summed E-state index contributed by atoms with van der Waals surface area (Å²) in [6.07, 6.45) is 1.72.